The highest BCUT2D eigenvalue weighted by Crippen LogP contribution is 2.28. The number of nitrogens with one attached hydrogen (secondary N) is 2. The minimum absolute atomic E-state index is 0.508. The number of carbonyl (C=O) groups is 1. The van der Waals surface area contributed by atoms with Crippen LogP contribution in [0, 0.1) is 0 Å². The average molecular weight is 311 g/mol. The molecule has 0 spiro atoms. The highest BCUT2D eigenvalue weighted by Gasteiger charge is 2.03. The zero-order valence-corrected chi connectivity index (χ0v) is 12.1. The minimum Gasteiger partial charge on any atom is -0.453 e. The molecule has 2 N–H and O–H groups in total. The Hall–Kier alpha value is -1.91. The van der Waals surface area contributed by atoms with Crippen molar-refractivity contribution < 1.29 is 9.53 Å². The first-order valence-corrected chi connectivity index (χ1v) is 6.51. The number of ether oxygens (including phenoxy) is 1. The number of rotatable bonds is 3. The fraction of sp³-hybridized carbons (Fsp3) is 0.0714. The van der Waals surface area contributed by atoms with Gasteiger partial charge >= 0.3 is 6.09 Å². The second-order valence-electron chi connectivity index (χ2n) is 3.94. The van der Waals surface area contributed by atoms with Crippen LogP contribution in [0.3, 0.4) is 0 Å². The summed E-state index contributed by atoms with van der Waals surface area (Å²) >= 11 is 11.9. The van der Waals surface area contributed by atoms with Crippen molar-refractivity contribution in [1.82, 2.24) is 0 Å². The van der Waals surface area contributed by atoms with Crippen molar-refractivity contribution in [2.75, 3.05) is 17.7 Å². The van der Waals surface area contributed by atoms with Crippen LogP contribution in [0.1, 0.15) is 0 Å². The number of halogens is 2. The molecule has 0 unspecified atom stereocenters. The molecule has 0 aromatic heterocycles. The Morgan fingerprint density at radius 3 is 2.30 bits per heavy atom. The van der Waals surface area contributed by atoms with E-state index in [9.17, 15) is 4.79 Å². The topological polar surface area (TPSA) is 50.4 Å². The average Bonchev–Trinajstić information content (AvgIpc) is 2.44. The lowest BCUT2D eigenvalue weighted by molar-refractivity contribution is 0.187. The third-order valence-electron chi connectivity index (χ3n) is 2.53. The molecule has 0 heterocycles. The lowest BCUT2D eigenvalue weighted by Gasteiger charge is -2.10. The summed E-state index contributed by atoms with van der Waals surface area (Å²) in [5.41, 5.74) is 2.24. The van der Waals surface area contributed by atoms with Crippen LogP contribution in [0.4, 0.5) is 21.9 Å². The van der Waals surface area contributed by atoms with Crippen LogP contribution in [-0.2, 0) is 4.74 Å². The number of methoxy groups -OCH3 is 1. The van der Waals surface area contributed by atoms with E-state index in [0.29, 0.717) is 15.7 Å². The molecule has 2 aromatic carbocycles. The molecule has 0 radical (unpaired) electrons. The van der Waals surface area contributed by atoms with Gasteiger partial charge in [0, 0.05) is 16.4 Å². The van der Waals surface area contributed by atoms with E-state index in [2.05, 4.69) is 15.4 Å². The largest absolute Gasteiger partial charge is 0.453 e. The number of hydrogen-bond acceptors (Lipinski definition) is 3. The van der Waals surface area contributed by atoms with Crippen molar-refractivity contribution in [3.8, 4) is 0 Å². The van der Waals surface area contributed by atoms with Gasteiger partial charge in [-0.15, -0.1) is 0 Å². The second-order valence-corrected chi connectivity index (χ2v) is 4.79. The first kappa shape index (κ1) is 14.5. The highest BCUT2D eigenvalue weighted by atomic mass is 35.5. The summed E-state index contributed by atoms with van der Waals surface area (Å²) in [6.45, 7) is 0. The Labute approximate surface area is 126 Å². The summed E-state index contributed by atoms with van der Waals surface area (Å²) in [4.78, 5) is 11.1. The van der Waals surface area contributed by atoms with Gasteiger partial charge in [0.15, 0.2) is 0 Å². The van der Waals surface area contributed by atoms with Crippen LogP contribution >= 0.6 is 23.2 Å². The van der Waals surface area contributed by atoms with E-state index >= 15 is 0 Å². The Balaban J connectivity index is 2.08. The fourth-order valence-corrected chi connectivity index (χ4v) is 2.01. The maximum absolute atomic E-state index is 11.1. The first-order valence-electron chi connectivity index (χ1n) is 5.75. The van der Waals surface area contributed by atoms with Crippen molar-refractivity contribution >= 4 is 46.4 Å². The molecular formula is C14H12Cl2N2O2. The quantitative estimate of drug-likeness (QED) is 0.846. The summed E-state index contributed by atoms with van der Waals surface area (Å²) < 4.78 is 4.51. The summed E-state index contributed by atoms with van der Waals surface area (Å²) in [6.07, 6.45) is -0.508. The van der Waals surface area contributed by atoms with Gasteiger partial charge in [-0.2, -0.15) is 0 Å². The highest BCUT2D eigenvalue weighted by molar-refractivity contribution is 6.36. The molecule has 104 valence electrons. The van der Waals surface area contributed by atoms with Gasteiger partial charge in [-0.25, -0.2) is 4.79 Å². The minimum atomic E-state index is -0.508. The lowest BCUT2D eigenvalue weighted by atomic mass is 10.2. The van der Waals surface area contributed by atoms with Crippen LogP contribution in [-0.4, -0.2) is 13.2 Å². The fourth-order valence-electron chi connectivity index (χ4n) is 1.55. The van der Waals surface area contributed by atoms with E-state index in [4.69, 9.17) is 23.2 Å². The van der Waals surface area contributed by atoms with Crippen LogP contribution in [0.25, 0.3) is 0 Å². The molecule has 0 bridgehead atoms. The Morgan fingerprint density at radius 2 is 1.70 bits per heavy atom. The van der Waals surface area contributed by atoms with Crippen LogP contribution in [0.5, 0.6) is 0 Å². The number of carbonyl (C=O) groups excluding carboxylic acids is 1. The van der Waals surface area contributed by atoms with Crippen LogP contribution in [0.15, 0.2) is 42.5 Å². The number of hydrogen-bond donors (Lipinski definition) is 2. The molecule has 1 amide bonds. The normalized spacial score (nSPS) is 9.95. The summed E-state index contributed by atoms with van der Waals surface area (Å²) in [7, 11) is 1.31. The van der Waals surface area contributed by atoms with Crippen molar-refractivity contribution in [3.63, 3.8) is 0 Å². The molecule has 0 fully saturated rings. The Kier molecular flexibility index (Phi) is 4.71. The zero-order chi connectivity index (χ0) is 14.5. The third kappa shape index (κ3) is 3.79. The van der Waals surface area contributed by atoms with Crippen molar-refractivity contribution in [1.29, 1.82) is 0 Å². The Bertz CT molecular complexity index is 615. The molecule has 0 aliphatic heterocycles. The molecule has 0 saturated heterocycles. The smallest absolute Gasteiger partial charge is 0.411 e. The van der Waals surface area contributed by atoms with Gasteiger partial charge in [0.1, 0.15) is 0 Å². The van der Waals surface area contributed by atoms with Gasteiger partial charge in [0.2, 0.25) is 0 Å². The SMILES string of the molecule is COC(=O)Nc1ccc(Nc2ccc(Cl)cc2Cl)cc1. The predicted octanol–water partition coefficient (Wildman–Crippen LogP) is 4.92. The third-order valence-corrected chi connectivity index (χ3v) is 3.07. The van der Waals surface area contributed by atoms with Crippen molar-refractivity contribution in [3.05, 3.63) is 52.5 Å². The van der Waals surface area contributed by atoms with E-state index in [1.165, 1.54) is 7.11 Å². The molecule has 2 aromatic rings. The zero-order valence-electron chi connectivity index (χ0n) is 10.6. The lowest BCUT2D eigenvalue weighted by Crippen LogP contribution is -2.10. The number of benzene rings is 2. The van der Waals surface area contributed by atoms with Gasteiger partial charge in [0.25, 0.3) is 0 Å². The molecule has 0 saturated carbocycles. The van der Waals surface area contributed by atoms with Crippen molar-refractivity contribution in [2.45, 2.75) is 0 Å². The number of anilines is 3. The molecule has 4 nitrogen and oxygen atoms in total. The second kappa shape index (κ2) is 6.50. The number of amides is 1. The molecule has 0 atom stereocenters. The van der Waals surface area contributed by atoms with E-state index in [1.807, 2.05) is 12.1 Å². The van der Waals surface area contributed by atoms with Gasteiger partial charge in [-0.3, -0.25) is 5.32 Å². The van der Waals surface area contributed by atoms with E-state index in [0.717, 1.165) is 11.4 Å². The van der Waals surface area contributed by atoms with E-state index in [-0.39, 0.29) is 0 Å². The summed E-state index contributed by atoms with van der Waals surface area (Å²) in [5.74, 6) is 0. The van der Waals surface area contributed by atoms with Gasteiger partial charge in [-0.1, -0.05) is 23.2 Å². The van der Waals surface area contributed by atoms with Gasteiger partial charge < -0.3 is 10.1 Å². The monoisotopic (exact) mass is 310 g/mol. The van der Waals surface area contributed by atoms with Crippen molar-refractivity contribution in [2.24, 2.45) is 0 Å². The maximum atomic E-state index is 11.1. The molecule has 20 heavy (non-hydrogen) atoms. The maximum Gasteiger partial charge on any atom is 0.411 e. The molecule has 2 rings (SSSR count). The summed E-state index contributed by atoms with van der Waals surface area (Å²) in [6, 6.07) is 12.4. The molecule has 0 aliphatic rings. The van der Waals surface area contributed by atoms with Crippen LogP contribution in [0.2, 0.25) is 10.0 Å². The van der Waals surface area contributed by atoms with Crippen LogP contribution < -0.4 is 10.6 Å². The molecular weight excluding hydrogens is 299 g/mol. The van der Waals surface area contributed by atoms with E-state index in [1.54, 1.807) is 30.3 Å². The van der Waals surface area contributed by atoms with Gasteiger partial charge in [0.05, 0.1) is 17.8 Å². The summed E-state index contributed by atoms with van der Waals surface area (Å²) in [5, 5.41) is 6.85. The standard InChI is InChI=1S/C14H12Cl2N2O2/c1-20-14(19)18-11-5-3-10(4-6-11)17-13-7-2-9(15)8-12(13)16/h2-8,17H,1H3,(H,18,19). The Morgan fingerprint density at radius 1 is 1.05 bits per heavy atom. The molecule has 0 aliphatic carbocycles. The molecule has 6 heteroatoms. The predicted molar refractivity (Wildman–Crippen MR) is 82.2 cm³/mol. The van der Waals surface area contributed by atoms with Gasteiger partial charge in [-0.05, 0) is 42.5 Å². The van der Waals surface area contributed by atoms with E-state index < -0.39 is 6.09 Å². The first-order chi connectivity index (χ1) is 9.58.